The molecular weight excluding hydrogens is 314 g/mol. The summed E-state index contributed by atoms with van der Waals surface area (Å²) in [6.45, 7) is 9.58. The van der Waals surface area contributed by atoms with Crippen molar-refractivity contribution in [2.24, 2.45) is 0 Å². The lowest BCUT2D eigenvalue weighted by atomic mass is 10.1. The molecule has 0 unspecified atom stereocenters. The average Bonchev–Trinajstić information content (AvgIpc) is 3.04. The molecule has 5 heteroatoms. The molecule has 25 heavy (non-hydrogen) atoms. The molecule has 2 aromatic rings. The quantitative estimate of drug-likeness (QED) is 0.853. The fourth-order valence-corrected chi connectivity index (χ4v) is 3.19. The van der Waals surface area contributed by atoms with Gasteiger partial charge in [-0.3, -0.25) is 9.69 Å². The zero-order chi connectivity index (χ0) is 17.8. The van der Waals surface area contributed by atoms with Gasteiger partial charge in [0, 0.05) is 44.2 Å². The number of rotatable bonds is 4. The van der Waals surface area contributed by atoms with Crippen LogP contribution in [0.2, 0.25) is 0 Å². The maximum absolute atomic E-state index is 12.7. The molecule has 0 saturated carbocycles. The van der Waals surface area contributed by atoms with E-state index >= 15 is 0 Å². The van der Waals surface area contributed by atoms with E-state index in [0.29, 0.717) is 11.7 Å². The Morgan fingerprint density at radius 1 is 1.24 bits per heavy atom. The molecule has 134 valence electrons. The molecule has 1 fully saturated rings. The number of carbonyl (C=O) groups excluding carboxylic acids is 1. The van der Waals surface area contributed by atoms with Gasteiger partial charge in [0.15, 0.2) is 5.69 Å². The van der Waals surface area contributed by atoms with Gasteiger partial charge < -0.3 is 9.42 Å². The predicted octanol–water partition coefficient (Wildman–Crippen LogP) is 3.53. The molecule has 5 nitrogen and oxygen atoms in total. The first-order valence-electron chi connectivity index (χ1n) is 9.08. The fraction of sp³-hybridized carbons (Fsp3) is 0.500. The van der Waals surface area contributed by atoms with Crippen molar-refractivity contribution in [3.63, 3.8) is 0 Å². The average molecular weight is 341 g/mol. The molecule has 2 heterocycles. The van der Waals surface area contributed by atoms with E-state index in [4.69, 9.17) is 4.52 Å². The second-order valence-corrected chi connectivity index (χ2v) is 7.16. The standard InChI is InChI=1S/C20H27N3O2/c1-15(2)19-13-18(21-25-19)20(24)22-10-9-16(3)23(12-11-22)14-17-7-5-4-6-8-17/h4-8,13,15-16H,9-12,14H2,1-3H3/t16-/m0/s1. The third-order valence-corrected chi connectivity index (χ3v) is 4.93. The molecule has 1 saturated heterocycles. The minimum Gasteiger partial charge on any atom is -0.360 e. The minimum absolute atomic E-state index is 0.0237. The van der Waals surface area contributed by atoms with Crippen LogP contribution in [0, 0.1) is 0 Å². The van der Waals surface area contributed by atoms with Crippen molar-refractivity contribution in [1.29, 1.82) is 0 Å². The van der Waals surface area contributed by atoms with Crippen LogP contribution in [0.4, 0.5) is 0 Å². The summed E-state index contributed by atoms with van der Waals surface area (Å²) in [6.07, 6.45) is 0.966. The van der Waals surface area contributed by atoms with Crippen LogP contribution in [0.15, 0.2) is 40.9 Å². The Balaban J connectivity index is 1.64. The Hall–Kier alpha value is -2.14. The number of aromatic nitrogens is 1. The Bertz CT molecular complexity index is 696. The molecule has 1 aliphatic rings. The third kappa shape index (κ3) is 4.28. The highest BCUT2D eigenvalue weighted by atomic mass is 16.5. The SMILES string of the molecule is CC(C)c1cc(C(=O)N2CC[C@H](C)N(Cc3ccccc3)CC2)no1. The highest BCUT2D eigenvalue weighted by molar-refractivity contribution is 5.92. The normalized spacial score (nSPS) is 19.2. The second kappa shape index (κ2) is 7.83. The number of benzene rings is 1. The summed E-state index contributed by atoms with van der Waals surface area (Å²) in [5.74, 6) is 0.973. The maximum Gasteiger partial charge on any atom is 0.276 e. The van der Waals surface area contributed by atoms with Gasteiger partial charge in [-0.1, -0.05) is 49.3 Å². The molecule has 1 aromatic heterocycles. The Morgan fingerprint density at radius 3 is 2.68 bits per heavy atom. The monoisotopic (exact) mass is 341 g/mol. The zero-order valence-corrected chi connectivity index (χ0v) is 15.3. The Labute approximate surface area is 149 Å². The van der Waals surface area contributed by atoms with Crippen LogP contribution in [0.5, 0.6) is 0 Å². The van der Waals surface area contributed by atoms with Gasteiger partial charge in [0.05, 0.1) is 0 Å². The van der Waals surface area contributed by atoms with Gasteiger partial charge in [-0.15, -0.1) is 0 Å². The van der Waals surface area contributed by atoms with Crippen molar-refractivity contribution >= 4 is 5.91 Å². The molecule has 1 amide bonds. The first-order chi connectivity index (χ1) is 12.0. The van der Waals surface area contributed by atoms with Crippen LogP contribution in [0.25, 0.3) is 0 Å². The summed E-state index contributed by atoms with van der Waals surface area (Å²) in [5.41, 5.74) is 1.74. The van der Waals surface area contributed by atoms with E-state index in [1.54, 1.807) is 6.07 Å². The topological polar surface area (TPSA) is 49.6 Å². The molecule has 0 N–H and O–H groups in total. The third-order valence-electron chi connectivity index (χ3n) is 4.93. The van der Waals surface area contributed by atoms with Crippen molar-refractivity contribution in [3.8, 4) is 0 Å². The summed E-state index contributed by atoms with van der Waals surface area (Å²) >= 11 is 0. The number of nitrogens with zero attached hydrogens (tertiary/aromatic N) is 3. The lowest BCUT2D eigenvalue weighted by Gasteiger charge is -2.26. The van der Waals surface area contributed by atoms with Crippen molar-refractivity contribution < 1.29 is 9.32 Å². The number of amides is 1. The van der Waals surface area contributed by atoms with Crippen LogP contribution in [0.1, 0.15) is 54.9 Å². The van der Waals surface area contributed by atoms with E-state index in [1.807, 2.05) is 24.8 Å². The van der Waals surface area contributed by atoms with Gasteiger partial charge >= 0.3 is 0 Å². The lowest BCUT2D eigenvalue weighted by molar-refractivity contribution is 0.0750. The summed E-state index contributed by atoms with van der Waals surface area (Å²) in [6, 6.07) is 12.7. The summed E-state index contributed by atoms with van der Waals surface area (Å²) in [7, 11) is 0. The van der Waals surface area contributed by atoms with Gasteiger partial charge in [0.25, 0.3) is 5.91 Å². The molecule has 0 radical (unpaired) electrons. The highest BCUT2D eigenvalue weighted by Gasteiger charge is 2.26. The summed E-state index contributed by atoms with van der Waals surface area (Å²) in [5, 5.41) is 3.97. The van der Waals surface area contributed by atoms with E-state index in [9.17, 15) is 4.79 Å². The molecule has 3 rings (SSSR count). The van der Waals surface area contributed by atoms with Crippen molar-refractivity contribution in [3.05, 3.63) is 53.4 Å². The van der Waals surface area contributed by atoms with Gasteiger partial charge in [-0.05, 0) is 18.9 Å². The largest absolute Gasteiger partial charge is 0.360 e. The Morgan fingerprint density at radius 2 is 2.00 bits per heavy atom. The van der Waals surface area contributed by atoms with E-state index in [0.717, 1.165) is 38.4 Å². The molecule has 0 bridgehead atoms. The lowest BCUT2D eigenvalue weighted by Crippen LogP contribution is -2.36. The highest BCUT2D eigenvalue weighted by Crippen LogP contribution is 2.19. The van der Waals surface area contributed by atoms with Crippen molar-refractivity contribution in [1.82, 2.24) is 15.0 Å². The molecule has 0 spiro atoms. The number of hydrogen-bond donors (Lipinski definition) is 0. The predicted molar refractivity (Wildman–Crippen MR) is 97.4 cm³/mol. The van der Waals surface area contributed by atoms with Crippen LogP contribution >= 0.6 is 0 Å². The van der Waals surface area contributed by atoms with Crippen molar-refractivity contribution in [2.75, 3.05) is 19.6 Å². The maximum atomic E-state index is 12.7. The van der Waals surface area contributed by atoms with E-state index in [1.165, 1.54) is 5.56 Å². The first-order valence-corrected chi connectivity index (χ1v) is 9.08. The fourth-order valence-electron chi connectivity index (χ4n) is 3.19. The number of carbonyl (C=O) groups is 1. The van der Waals surface area contributed by atoms with Gasteiger partial charge in [-0.2, -0.15) is 0 Å². The van der Waals surface area contributed by atoms with Crippen LogP contribution in [-0.4, -0.2) is 46.5 Å². The van der Waals surface area contributed by atoms with Crippen LogP contribution in [0.3, 0.4) is 0 Å². The molecule has 1 atom stereocenters. The molecule has 1 aromatic carbocycles. The molecule has 0 aliphatic carbocycles. The van der Waals surface area contributed by atoms with E-state index < -0.39 is 0 Å². The van der Waals surface area contributed by atoms with E-state index in [2.05, 4.69) is 41.2 Å². The first kappa shape index (κ1) is 17.7. The summed E-state index contributed by atoms with van der Waals surface area (Å²) in [4.78, 5) is 17.1. The summed E-state index contributed by atoms with van der Waals surface area (Å²) < 4.78 is 5.28. The molecular formula is C20H27N3O2. The minimum atomic E-state index is -0.0237. The second-order valence-electron chi connectivity index (χ2n) is 7.16. The number of hydrogen-bond acceptors (Lipinski definition) is 4. The Kier molecular flexibility index (Phi) is 5.53. The van der Waals surface area contributed by atoms with Gasteiger partial charge in [-0.25, -0.2) is 0 Å². The van der Waals surface area contributed by atoms with Crippen molar-refractivity contribution in [2.45, 2.75) is 45.7 Å². The smallest absolute Gasteiger partial charge is 0.276 e. The van der Waals surface area contributed by atoms with E-state index in [-0.39, 0.29) is 11.8 Å². The van der Waals surface area contributed by atoms with Gasteiger partial charge in [0.1, 0.15) is 5.76 Å². The van der Waals surface area contributed by atoms with Crippen LogP contribution < -0.4 is 0 Å². The van der Waals surface area contributed by atoms with Crippen LogP contribution in [-0.2, 0) is 6.54 Å². The zero-order valence-electron chi connectivity index (χ0n) is 15.3. The van der Waals surface area contributed by atoms with Gasteiger partial charge in [0.2, 0.25) is 0 Å². The molecule has 1 aliphatic heterocycles.